The van der Waals surface area contributed by atoms with E-state index in [9.17, 15) is 9.59 Å². The number of carbonyl (C=O) groups excluding carboxylic acids is 1. The van der Waals surface area contributed by atoms with Crippen LogP contribution in [-0.4, -0.2) is 23.8 Å². The number of ketones is 1. The molecule has 3 aromatic carbocycles. The maximum absolute atomic E-state index is 13.4. The molecular formula is C26H21NO5. The van der Waals surface area contributed by atoms with Gasteiger partial charge in [-0.25, -0.2) is 0 Å². The van der Waals surface area contributed by atoms with Crippen LogP contribution in [0.15, 0.2) is 77.7 Å². The van der Waals surface area contributed by atoms with Gasteiger partial charge in [0.25, 0.3) is 0 Å². The van der Waals surface area contributed by atoms with Crippen molar-refractivity contribution < 1.29 is 19.0 Å². The molecule has 4 aromatic rings. The van der Waals surface area contributed by atoms with E-state index in [1.54, 1.807) is 42.6 Å². The van der Waals surface area contributed by atoms with E-state index in [-0.39, 0.29) is 23.6 Å². The lowest BCUT2D eigenvalue weighted by Crippen LogP contribution is -2.20. The molecule has 0 amide bonds. The Morgan fingerprint density at radius 1 is 1.00 bits per heavy atom. The second-order valence-electron chi connectivity index (χ2n) is 7.49. The molecule has 0 unspecified atom stereocenters. The molecule has 2 heterocycles. The summed E-state index contributed by atoms with van der Waals surface area (Å²) in [5.41, 5.74) is 1.94. The van der Waals surface area contributed by atoms with Gasteiger partial charge in [-0.2, -0.15) is 0 Å². The van der Waals surface area contributed by atoms with Crippen LogP contribution in [0.2, 0.25) is 0 Å². The molecule has 0 fully saturated rings. The summed E-state index contributed by atoms with van der Waals surface area (Å²) in [5, 5.41) is 0.418. The third-order valence-corrected chi connectivity index (χ3v) is 5.44. The monoisotopic (exact) mass is 427 g/mol. The number of ether oxygens (including phenoxy) is 3. The average Bonchev–Trinajstić information content (AvgIpc) is 3.28. The van der Waals surface area contributed by atoms with E-state index in [1.807, 2.05) is 41.8 Å². The number of benzene rings is 3. The molecule has 0 spiro atoms. The van der Waals surface area contributed by atoms with Crippen molar-refractivity contribution in [1.29, 1.82) is 0 Å². The Kier molecular flexibility index (Phi) is 5.11. The highest BCUT2D eigenvalue weighted by molar-refractivity contribution is 6.10. The molecule has 5 rings (SSSR count). The lowest BCUT2D eigenvalue weighted by Gasteiger charge is -2.14. The highest BCUT2D eigenvalue weighted by Crippen LogP contribution is 2.35. The van der Waals surface area contributed by atoms with Crippen LogP contribution in [-0.2, 0) is 6.54 Å². The van der Waals surface area contributed by atoms with Crippen molar-refractivity contribution in [3.8, 4) is 17.2 Å². The maximum atomic E-state index is 13.4. The van der Waals surface area contributed by atoms with Crippen LogP contribution in [0.4, 0.5) is 0 Å². The second kappa shape index (κ2) is 8.23. The zero-order chi connectivity index (χ0) is 22.1. The van der Waals surface area contributed by atoms with Crippen molar-refractivity contribution in [2.75, 3.05) is 13.4 Å². The zero-order valence-electron chi connectivity index (χ0n) is 17.5. The van der Waals surface area contributed by atoms with E-state index in [0.717, 1.165) is 5.56 Å². The minimum absolute atomic E-state index is 0.108. The van der Waals surface area contributed by atoms with E-state index < -0.39 is 0 Å². The number of nitrogens with zero attached hydrogens (tertiary/aromatic N) is 1. The van der Waals surface area contributed by atoms with Gasteiger partial charge in [-0.1, -0.05) is 30.3 Å². The first kappa shape index (κ1) is 19.9. The van der Waals surface area contributed by atoms with Crippen LogP contribution in [0.5, 0.6) is 17.2 Å². The number of hydrogen-bond donors (Lipinski definition) is 0. The molecule has 160 valence electrons. The van der Waals surface area contributed by atoms with E-state index >= 15 is 0 Å². The van der Waals surface area contributed by atoms with Crippen LogP contribution in [0.25, 0.3) is 10.9 Å². The van der Waals surface area contributed by atoms with Crippen molar-refractivity contribution in [3.63, 3.8) is 0 Å². The fourth-order valence-corrected chi connectivity index (χ4v) is 3.88. The molecule has 0 atom stereocenters. The van der Waals surface area contributed by atoms with E-state index in [2.05, 4.69) is 0 Å². The predicted molar refractivity (Wildman–Crippen MR) is 121 cm³/mol. The first-order valence-electron chi connectivity index (χ1n) is 10.4. The molecule has 0 saturated carbocycles. The molecule has 32 heavy (non-hydrogen) atoms. The smallest absolute Gasteiger partial charge is 0.231 e. The van der Waals surface area contributed by atoms with Crippen molar-refractivity contribution in [3.05, 3.63) is 99.8 Å². The number of carbonyl (C=O) groups is 1. The van der Waals surface area contributed by atoms with Crippen LogP contribution in [0, 0.1) is 0 Å². The predicted octanol–water partition coefficient (Wildman–Crippen LogP) is 4.41. The number of rotatable bonds is 6. The summed E-state index contributed by atoms with van der Waals surface area (Å²) in [5.74, 6) is 1.44. The van der Waals surface area contributed by atoms with Gasteiger partial charge in [-0.15, -0.1) is 0 Å². The summed E-state index contributed by atoms with van der Waals surface area (Å²) in [6.07, 6.45) is 1.64. The first-order valence-corrected chi connectivity index (χ1v) is 10.4. The summed E-state index contributed by atoms with van der Waals surface area (Å²) in [6.45, 7) is 3.05. The fraction of sp³-hybridized carbons (Fsp3) is 0.154. The average molecular weight is 427 g/mol. The number of fused-ring (bicyclic) bond motifs is 2. The van der Waals surface area contributed by atoms with E-state index in [4.69, 9.17) is 14.2 Å². The lowest BCUT2D eigenvalue weighted by molar-refractivity contribution is 0.103. The molecular weight excluding hydrogens is 406 g/mol. The summed E-state index contributed by atoms with van der Waals surface area (Å²) >= 11 is 0. The molecule has 1 aromatic heterocycles. The SMILES string of the molecule is CCOc1ccc(C(=O)c2cn(Cc3ccccc3)c3cc4c(cc3c2=O)OCO4)cc1. The van der Waals surface area contributed by atoms with Gasteiger partial charge in [0.2, 0.25) is 12.2 Å². The fourth-order valence-electron chi connectivity index (χ4n) is 3.88. The van der Waals surface area contributed by atoms with Gasteiger partial charge in [0.1, 0.15) is 5.75 Å². The molecule has 0 bridgehead atoms. The highest BCUT2D eigenvalue weighted by atomic mass is 16.7. The molecule has 6 nitrogen and oxygen atoms in total. The molecule has 0 saturated heterocycles. The molecule has 6 heteroatoms. The minimum Gasteiger partial charge on any atom is -0.494 e. The molecule has 0 aliphatic carbocycles. The quantitative estimate of drug-likeness (QED) is 0.427. The Morgan fingerprint density at radius 3 is 2.44 bits per heavy atom. The Morgan fingerprint density at radius 2 is 1.72 bits per heavy atom. The summed E-state index contributed by atoms with van der Waals surface area (Å²) in [6, 6.07) is 20.2. The van der Waals surface area contributed by atoms with Crippen molar-refractivity contribution in [2.24, 2.45) is 0 Å². The first-order chi connectivity index (χ1) is 15.6. The third kappa shape index (κ3) is 3.60. The Hall–Kier alpha value is -4.06. The van der Waals surface area contributed by atoms with Crippen LogP contribution >= 0.6 is 0 Å². The van der Waals surface area contributed by atoms with Gasteiger partial charge < -0.3 is 18.8 Å². The van der Waals surface area contributed by atoms with Crippen LogP contribution in [0.1, 0.15) is 28.4 Å². The summed E-state index contributed by atoms with van der Waals surface area (Å²) in [7, 11) is 0. The van der Waals surface area contributed by atoms with E-state index in [0.29, 0.717) is 46.9 Å². The lowest BCUT2D eigenvalue weighted by atomic mass is 10.0. The Bertz CT molecular complexity index is 1360. The molecule has 1 aliphatic rings. The van der Waals surface area contributed by atoms with Gasteiger partial charge in [-0.05, 0) is 42.8 Å². The Balaban J connectivity index is 1.65. The number of aromatic nitrogens is 1. The standard InChI is InChI=1S/C26H21NO5/c1-2-30-19-10-8-18(9-11-19)25(28)21-15-27(14-17-6-4-3-5-7-17)22-13-24-23(31-16-32-24)12-20(22)26(21)29/h3-13,15H,2,14,16H2,1H3. The van der Waals surface area contributed by atoms with Gasteiger partial charge in [0.15, 0.2) is 17.3 Å². The Labute approximate surface area is 184 Å². The van der Waals surface area contributed by atoms with Gasteiger partial charge in [0, 0.05) is 24.4 Å². The largest absolute Gasteiger partial charge is 0.494 e. The topological polar surface area (TPSA) is 66.8 Å². The third-order valence-electron chi connectivity index (χ3n) is 5.44. The van der Waals surface area contributed by atoms with Gasteiger partial charge in [-0.3, -0.25) is 9.59 Å². The molecule has 0 N–H and O–H groups in total. The minimum atomic E-state index is -0.334. The summed E-state index contributed by atoms with van der Waals surface area (Å²) in [4.78, 5) is 26.7. The van der Waals surface area contributed by atoms with Crippen LogP contribution in [0.3, 0.4) is 0 Å². The van der Waals surface area contributed by atoms with Crippen molar-refractivity contribution in [1.82, 2.24) is 4.57 Å². The van der Waals surface area contributed by atoms with E-state index in [1.165, 1.54) is 0 Å². The summed E-state index contributed by atoms with van der Waals surface area (Å²) < 4.78 is 18.4. The maximum Gasteiger partial charge on any atom is 0.231 e. The number of pyridine rings is 1. The zero-order valence-corrected chi connectivity index (χ0v) is 17.5. The number of hydrogen-bond acceptors (Lipinski definition) is 5. The van der Waals surface area contributed by atoms with Crippen LogP contribution < -0.4 is 19.6 Å². The van der Waals surface area contributed by atoms with Crippen molar-refractivity contribution >= 4 is 16.7 Å². The molecule has 0 radical (unpaired) electrons. The second-order valence-corrected chi connectivity index (χ2v) is 7.49. The van der Waals surface area contributed by atoms with Crippen molar-refractivity contribution in [2.45, 2.75) is 13.5 Å². The molecule has 1 aliphatic heterocycles. The highest BCUT2D eigenvalue weighted by Gasteiger charge is 2.22. The normalized spacial score (nSPS) is 12.2. The van der Waals surface area contributed by atoms with Gasteiger partial charge >= 0.3 is 0 Å². The van der Waals surface area contributed by atoms with Gasteiger partial charge in [0.05, 0.1) is 23.1 Å².